The van der Waals surface area contributed by atoms with Crippen molar-refractivity contribution in [2.45, 2.75) is 59.3 Å². The maximum atomic E-state index is 12.5. The SMILES string of the molecule is CCc1cccc(CC)c1N(CCC(=O)N1CCCCC1)C(C)=O. The molecule has 0 spiro atoms. The molecule has 1 aliphatic heterocycles. The summed E-state index contributed by atoms with van der Waals surface area (Å²) in [6.07, 6.45) is 5.58. The van der Waals surface area contributed by atoms with Crippen LogP contribution in [0.1, 0.15) is 57.6 Å². The molecule has 0 bridgehead atoms. The maximum absolute atomic E-state index is 12.5. The number of hydrogen-bond donors (Lipinski definition) is 0. The number of likely N-dealkylation sites (tertiary alicyclic amines) is 1. The van der Waals surface area contributed by atoms with Crippen LogP contribution in [0.3, 0.4) is 0 Å². The van der Waals surface area contributed by atoms with Crippen LogP contribution in [0.25, 0.3) is 0 Å². The Bertz CT molecular complexity index is 555. The van der Waals surface area contributed by atoms with E-state index in [-0.39, 0.29) is 11.8 Å². The Morgan fingerprint density at radius 3 is 2.12 bits per heavy atom. The van der Waals surface area contributed by atoms with E-state index in [1.807, 2.05) is 4.90 Å². The van der Waals surface area contributed by atoms with Gasteiger partial charge in [0, 0.05) is 38.7 Å². The minimum atomic E-state index is 0.0112. The summed E-state index contributed by atoms with van der Waals surface area (Å²) >= 11 is 0. The highest BCUT2D eigenvalue weighted by Crippen LogP contribution is 2.27. The molecule has 1 fully saturated rings. The first-order valence-electron chi connectivity index (χ1n) is 9.25. The topological polar surface area (TPSA) is 40.6 Å². The van der Waals surface area contributed by atoms with E-state index in [9.17, 15) is 9.59 Å². The third-order valence-corrected chi connectivity index (χ3v) is 4.87. The van der Waals surface area contributed by atoms with Gasteiger partial charge in [0.1, 0.15) is 0 Å². The molecule has 4 heteroatoms. The summed E-state index contributed by atoms with van der Waals surface area (Å²) < 4.78 is 0. The van der Waals surface area contributed by atoms with Crippen molar-refractivity contribution < 1.29 is 9.59 Å². The van der Waals surface area contributed by atoms with Gasteiger partial charge in [-0.15, -0.1) is 0 Å². The molecule has 2 rings (SSSR count). The molecule has 0 N–H and O–H groups in total. The number of carbonyl (C=O) groups is 2. The zero-order chi connectivity index (χ0) is 17.5. The molecule has 0 aliphatic carbocycles. The third-order valence-electron chi connectivity index (χ3n) is 4.87. The predicted octanol–water partition coefficient (Wildman–Crippen LogP) is 3.57. The Hall–Kier alpha value is -1.84. The summed E-state index contributed by atoms with van der Waals surface area (Å²) in [5, 5.41) is 0. The molecule has 4 nitrogen and oxygen atoms in total. The number of amides is 2. The Labute approximate surface area is 145 Å². The van der Waals surface area contributed by atoms with Gasteiger partial charge in [0.2, 0.25) is 11.8 Å². The van der Waals surface area contributed by atoms with Gasteiger partial charge >= 0.3 is 0 Å². The summed E-state index contributed by atoms with van der Waals surface area (Å²) in [5.74, 6) is 0.185. The van der Waals surface area contributed by atoms with Crippen molar-refractivity contribution >= 4 is 17.5 Å². The van der Waals surface area contributed by atoms with Crippen molar-refractivity contribution in [3.8, 4) is 0 Å². The van der Waals surface area contributed by atoms with E-state index in [2.05, 4.69) is 32.0 Å². The number of benzene rings is 1. The molecule has 132 valence electrons. The van der Waals surface area contributed by atoms with Crippen molar-refractivity contribution in [2.75, 3.05) is 24.5 Å². The van der Waals surface area contributed by atoms with Gasteiger partial charge in [0.25, 0.3) is 0 Å². The average molecular weight is 330 g/mol. The molecule has 1 saturated heterocycles. The second-order valence-electron chi connectivity index (χ2n) is 6.49. The summed E-state index contributed by atoms with van der Waals surface area (Å²) in [6.45, 7) is 8.01. The number of para-hydroxylation sites is 1. The van der Waals surface area contributed by atoms with Crippen molar-refractivity contribution in [1.82, 2.24) is 4.90 Å². The highest BCUT2D eigenvalue weighted by molar-refractivity contribution is 5.94. The molecule has 1 aromatic carbocycles. The standard InChI is InChI=1S/C20H30N2O2/c1-4-17-10-9-11-18(5-2)20(17)22(16(3)23)15-12-19(24)21-13-7-6-8-14-21/h9-11H,4-8,12-15H2,1-3H3. The minimum absolute atomic E-state index is 0.0112. The van der Waals surface area contributed by atoms with Gasteiger partial charge in [0.15, 0.2) is 0 Å². The van der Waals surface area contributed by atoms with E-state index in [0.717, 1.165) is 44.5 Å². The normalized spacial score (nSPS) is 14.5. The number of rotatable bonds is 6. The molecule has 0 atom stereocenters. The fourth-order valence-electron chi connectivity index (χ4n) is 3.50. The first-order valence-corrected chi connectivity index (χ1v) is 9.25. The van der Waals surface area contributed by atoms with E-state index < -0.39 is 0 Å². The molecular formula is C20H30N2O2. The van der Waals surface area contributed by atoms with E-state index in [4.69, 9.17) is 0 Å². The van der Waals surface area contributed by atoms with Crippen LogP contribution in [0, 0.1) is 0 Å². The zero-order valence-electron chi connectivity index (χ0n) is 15.3. The van der Waals surface area contributed by atoms with Crippen LogP contribution in [0.4, 0.5) is 5.69 Å². The Morgan fingerprint density at radius 1 is 1.04 bits per heavy atom. The summed E-state index contributed by atoms with van der Waals surface area (Å²) in [7, 11) is 0. The fourth-order valence-corrected chi connectivity index (χ4v) is 3.50. The Balaban J connectivity index is 2.15. The molecule has 2 amide bonds. The van der Waals surface area contributed by atoms with Crippen LogP contribution in [0.15, 0.2) is 18.2 Å². The lowest BCUT2D eigenvalue weighted by atomic mass is 10.0. The fraction of sp³-hybridized carbons (Fsp3) is 0.600. The lowest BCUT2D eigenvalue weighted by Gasteiger charge is -2.29. The van der Waals surface area contributed by atoms with E-state index in [1.54, 1.807) is 11.8 Å². The molecule has 1 aromatic rings. The molecular weight excluding hydrogens is 300 g/mol. The van der Waals surface area contributed by atoms with E-state index in [1.165, 1.54) is 17.5 Å². The first kappa shape index (κ1) is 18.5. The lowest BCUT2D eigenvalue weighted by molar-refractivity contribution is -0.131. The van der Waals surface area contributed by atoms with Crippen LogP contribution in [0.5, 0.6) is 0 Å². The van der Waals surface area contributed by atoms with Crippen molar-refractivity contribution in [1.29, 1.82) is 0 Å². The molecule has 1 aliphatic rings. The van der Waals surface area contributed by atoms with Crippen molar-refractivity contribution in [3.05, 3.63) is 29.3 Å². The van der Waals surface area contributed by atoms with Crippen molar-refractivity contribution in [3.63, 3.8) is 0 Å². The van der Waals surface area contributed by atoms with Crippen LogP contribution in [-0.2, 0) is 22.4 Å². The zero-order valence-corrected chi connectivity index (χ0v) is 15.3. The molecule has 1 heterocycles. The van der Waals surface area contributed by atoms with Gasteiger partial charge in [-0.3, -0.25) is 9.59 Å². The quantitative estimate of drug-likeness (QED) is 0.800. The van der Waals surface area contributed by atoms with Gasteiger partial charge < -0.3 is 9.80 Å². The largest absolute Gasteiger partial charge is 0.343 e. The smallest absolute Gasteiger partial charge is 0.224 e. The van der Waals surface area contributed by atoms with Crippen molar-refractivity contribution in [2.24, 2.45) is 0 Å². The highest BCUT2D eigenvalue weighted by Gasteiger charge is 2.21. The molecule has 0 saturated carbocycles. The van der Waals surface area contributed by atoms with Gasteiger partial charge in [0.05, 0.1) is 0 Å². The van der Waals surface area contributed by atoms with Crippen LogP contribution >= 0.6 is 0 Å². The Morgan fingerprint density at radius 2 is 1.62 bits per heavy atom. The van der Waals surface area contributed by atoms with E-state index in [0.29, 0.717) is 13.0 Å². The maximum Gasteiger partial charge on any atom is 0.224 e. The van der Waals surface area contributed by atoms with Gasteiger partial charge in [-0.25, -0.2) is 0 Å². The van der Waals surface area contributed by atoms with Gasteiger partial charge in [-0.2, -0.15) is 0 Å². The van der Waals surface area contributed by atoms with Crippen LogP contribution in [-0.4, -0.2) is 36.3 Å². The summed E-state index contributed by atoms with van der Waals surface area (Å²) in [5.41, 5.74) is 3.37. The molecule has 0 unspecified atom stereocenters. The minimum Gasteiger partial charge on any atom is -0.343 e. The number of aryl methyl sites for hydroxylation is 2. The summed E-state index contributed by atoms with van der Waals surface area (Å²) in [6, 6.07) is 6.21. The number of carbonyl (C=O) groups excluding carboxylic acids is 2. The first-order chi connectivity index (χ1) is 11.6. The third kappa shape index (κ3) is 4.37. The number of piperidine rings is 1. The highest BCUT2D eigenvalue weighted by atomic mass is 16.2. The monoisotopic (exact) mass is 330 g/mol. The lowest BCUT2D eigenvalue weighted by Crippen LogP contribution is -2.39. The Kier molecular flexibility index (Phi) is 6.83. The second-order valence-corrected chi connectivity index (χ2v) is 6.49. The van der Waals surface area contributed by atoms with E-state index >= 15 is 0 Å². The number of nitrogens with zero attached hydrogens (tertiary/aromatic N) is 2. The summed E-state index contributed by atoms with van der Waals surface area (Å²) in [4.78, 5) is 28.5. The van der Waals surface area contributed by atoms with Crippen LogP contribution in [0.2, 0.25) is 0 Å². The van der Waals surface area contributed by atoms with Crippen LogP contribution < -0.4 is 4.90 Å². The van der Waals surface area contributed by atoms with Gasteiger partial charge in [-0.05, 0) is 43.2 Å². The van der Waals surface area contributed by atoms with Gasteiger partial charge in [-0.1, -0.05) is 32.0 Å². The number of hydrogen-bond acceptors (Lipinski definition) is 2. The number of anilines is 1. The molecule has 0 radical (unpaired) electrons. The molecule has 0 aromatic heterocycles. The average Bonchev–Trinajstić information content (AvgIpc) is 2.62. The second kappa shape index (κ2) is 8.86. The predicted molar refractivity (Wildman–Crippen MR) is 98.3 cm³/mol. The molecule has 24 heavy (non-hydrogen) atoms.